The number of ether oxygens (including phenoxy) is 3. The number of methoxy groups -OCH3 is 2. The second-order valence-electron chi connectivity index (χ2n) is 11.5. The standard InChI is InChI=1S/C31H37N3O4/c1-20-15-16-34-26(17-20)32-27(28(34)33-31(5,6)19-30(2,3)4)22-11-14-24(25(18-22)37-8)38-29(35)21-9-12-23(36-7)13-10-21/h9-18,33H,19H2,1-8H3. The number of carbonyl (C=O) groups is 1. The van der Waals surface area contributed by atoms with Gasteiger partial charge in [-0.1, -0.05) is 20.8 Å². The summed E-state index contributed by atoms with van der Waals surface area (Å²) in [5.74, 6) is 1.87. The molecule has 7 nitrogen and oxygen atoms in total. The maximum absolute atomic E-state index is 12.8. The molecule has 2 aromatic heterocycles. The van der Waals surface area contributed by atoms with E-state index in [1.165, 1.54) is 0 Å². The van der Waals surface area contributed by atoms with E-state index in [0.717, 1.165) is 34.7 Å². The Bertz CT molecular complexity index is 1450. The Labute approximate surface area is 224 Å². The minimum atomic E-state index is -0.479. The van der Waals surface area contributed by atoms with Crippen LogP contribution in [0, 0.1) is 12.3 Å². The third-order valence-electron chi connectivity index (χ3n) is 6.18. The SMILES string of the molecule is COc1ccc(C(=O)Oc2ccc(-c3nc4cc(C)ccn4c3NC(C)(C)CC(C)(C)C)cc2OC)cc1. The van der Waals surface area contributed by atoms with E-state index in [2.05, 4.69) is 63.4 Å². The molecular weight excluding hydrogens is 478 g/mol. The van der Waals surface area contributed by atoms with Gasteiger partial charge in [-0.2, -0.15) is 0 Å². The van der Waals surface area contributed by atoms with Gasteiger partial charge in [-0.15, -0.1) is 0 Å². The summed E-state index contributed by atoms with van der Waals surface area (Å²) >= 11 is 0. The highest BCUT2D eigenvalue weighted by Crippen LogP contribution is 2.38. The lowest BCUT2D eigenvalue weighted by molar-refractivity contribution is 0.0729. The summed E-state index contributed by atoms with van der Waals surface area (Å²) < 4.78 is 18.6. The summed E-state index contributed by atoms with van der Waals surface area (Å²) in [4.78, 5) is 17.7. The first kappa shape index (κ1) is 27.0. The van der Waals surface area contributed by atoms with Gasteiger partial charge in [-0.05, 0) is 92.8 Å². The highest BCUT2D eigenvalue weighted by Gasteiger charge is 2.28. The minimum absolute atomic E-state index is 0.145. The fourth-order valence-electron chi connectivity index (χ4n) is 4.94. The Morgan fingerprint density at radius 2 is 1.63 bits per heavy atom. The van der Waals surface area contributed by atoms with E-state index in [1.54, 1.807) is 44.6 Å². The molecular formula is C31H37N3O4. The average Bonchev–Trinajstić information content (AvgIpc) is 3.19. The summed E-state index contributed by atoms with van der Waals surface area (Å²) in [5, 5.41) is 3.76. The third kappa shape index (κ3) is 6.10. The molecule has 0 bridgehead atoms. The first-order valence-electron chi connectivity index (χ1n) is 12.7. The van der Waals surface area contributed by atoms with Crippen LogP contribution >= 0.6 is 0 Å². The molecule has 0 saturated heterocycles. The summed E-state index contributed by atoms with van der Waals surface area (Å²) in [7, 11) is 3.14. The molecule has 0 saturated carbocycles. The maximum atomic E-state index is 12.8. The third-order valence-corrected chi connectivity index (χ3v) is 6.18. The number of nitrogens with one attached hydrogen (secondary N) is 1. The van der Waals surface area contributed by atoms with Gasteiger partial charge < -0.3 is 19.5 Å². The van der Waals surface area contributed by atoms with Crippen LogP contribution in [0.15, 0.2) is 60.8 Å². The molecule has 0 atom stereocenters. The highest BCUT2D eigenvalue weighted by molar-refractivity contribution is 5.91. The summed E-state index contributed by atoms with van der Waals surface area (Å²) in [6.45, 7) is 13.2. The number of fused-ring (bicyclic) bond motifs is 1. The molecule has 0 aliphatic heterocycles. The van der Waals surface area contributed by atoms with Crippen LogP contribution in [-0.4, -0.2) is 35.1 Å². The van der Waals surface area contributed by atoms with Crippen molar-refractivity contribution >= 4 is 17.4 Å². The first-order valence-corrected chi connectivity index (χ1v) is 12.7. The van der Waals surface area contributed by atoms with Crippen molar-refractivity contribution in [3.05, 3.63) is 71.9 Å². The predicted molar refractivity (Wildman–Crippen MR) is 152 cm³/mol. The number of imidazole rings is 1. The fraction of sp³-hybridized carbons (Fsp3) is 0.355. The lowest BCUT2D eigenvalue weighted by Gasteiger charge is -2.34. The lowest BCUT2D eigenvalue weighted by atomic mass is 9.82. The zero-order valence-electron chi connectivity index (χ0n) is 23.5. The number of rotatable bonds is 8. The molecule has 0 amide bonds. The van der Waals surface area contributed by atoms with Gasteiger partial charge in [0.1, 0.15) is 22.9 Å². The molecule has 1 N–H and O–H groups in total. The van der Waals surface area contributed by atoms with E-state index in [0.29, 0.717) is 22.8 Å². The number of esters is 1. The van der Waals surface area contributed by atoms with E-state index < -0.39 is 5.97 Å². The topological polar surface area (TPSA) is 74.1 Å². The lowest BCUT2D eigenvalue weighted by Crippen LogP contribution is -2.36. The average molecular weight is 516 g/mol. The Hall–Kier alpha value is -4.00. The zero-order chi connectivity index (χ0) is 27.7. The van der Waals surface area contributed by atoms with Gasteiger partial charge in [0.25, 0.3) is 0 Å². The number of anilines is 1. The van der Waals surface area contributed by atoms with Crippen molar-refractivity contribution in [1.29, 1.82) is 0 Å². The van der Waals surface area contributed by atoms with Crippen molar-refractivity contribution < 1.29 is 19.0 Å². The normalized spacial score (nSPS) is 11.9. The van der Waals surface area contributed by atoms with Crippen LogP contribution in [0.4, 0.5) is 5.82 Å². The molecule has 0 unspecified atom stereocenters. The van der Waals surface area contributed by atoms with Gasteiger partial charge in [0, 0.05) is 17.3 Å². The fourth-order valence-corrected chi connectivity index (χ4v) is 4.94. The van der Waals surface area contributed by atoms with Crippen molar-refractivity contribution in [2.45, 2.75) is 53.5 Å². The largest absolute Gasteiger partial charge is 0.497 e. The Kier molecular flexibility index (Phi) is 7.40. The number of benzene rings is 2. The van der Waals surface area contributed by atoms with Gasteiger partial charge in [-0.25, -0.2) is 9.78 Å². The molecule has 0 fully saturated rings. The second kappa shape index (κ2) is 10.4. The summed E-state index contributed by atoms with van der Waals surface area (Å²) in [5.41, 5.74) is 4.00. The molecule has 38 heavy (non-hydrogen) atoms. The van der Waals surface area contributed by atoms with E-state index in [1.807, 2.05) is 18.3 Å². The van der Waals surface area contributed by atoms with E-state index >= 15 is 0 Å². The van der Waals surface area contributed by atoms with Crippen LogP contribution in [0.5, 0.6) is 17.2 Å². The van der Waals surface area contributed by atoms with Crippen LogP contribution in [0.3, 0.4) is 0 Å². The number of pyridine rings is 1. The van der Waals surface area contributed by atoms with Crippen LogP contribution in [0.2, 0.25) is 0 Å². The molecule has 7 heteroatoms. The smallest absolute Gasteiger partial charge is 0.343 e. The molecule has 2 aromatic carbocycles. The number of nitrogens with zero attached hydrogens (tertiary/aromatic N) is 2. The monoisotopic (exact) mass is 515 g/mol. The minimum Gasteiger partial charge on any atom is -0.497 e. The summed E-state index contributed by atoms with van der Waals surface area (Å²) in [6.07, 6.45) is 3.00. The van der Waals surface area contributed by atoms with Crippen molar-refractivity contribution in [3.8, 4) is 28.5 Å². The van der Waals surface area contributed by atoms with Gasteiger partial charge in [-0.3, -0.25) is 4.40 Å². The number of hydrogen-bond donors (Lipinski definition) is 1. The van der Waals surface area contributed by atoms with Crippen molar-refractivity contribution in [2.24, 2.45) is 5.41 Å². The molecule has 200 valence electrons. The van der Waals surface area contributed by atoms with Crippen LogP contribution in [0.25, 0.3) is 16.9 Å². The Balaban J connectivity index is 1.71. The van der Waals surface area contributed by atoms with Crippen molar-refractivity contribution in [1.82, 2.24) is 9.38 Å². The Morgan fingerprint density at radius 3 is 2.26 bits per heavy atom. The van der Waals surface area contributed by atoms with Gasteiger partial charge >= 0.3 is 5.97 Å². The van der Waals surface area contributed by atoms with Crippen molar-refractivity contribution in [2.75, 3.05) is 19.5 Å². The van der Waals surface area contributed by atoms with Gasteiger partial charge in [0.15, 0.2) is 11.5 Å². The van der Waals surface area contributed by atoms with Crippen LogP contribution in [0.1, 0.15) is 57.0 Å². The molecule has 4 rings (SSSR count). The maximum Gasteiger partial charge on any atom is 0.343 e. The first-order chi connectivity index (χ1) is 17.9. The van der Waals surface area contributed by atoms with Crippen LogP contribution in [-0.2, 0) is 0 Å². The van der Waals surface area contributed by atoms with Crippen LogP contribution < -0.4 is 19.5 Å². The molecule has 4 aromatic rings. The quantitative estimate of drug-likeness (QED) is 0.198. The highest BCUT2D eigenvalue weighted by atomic mass is 16.6. The zero-order valence-corrected chi connectivity index (χ0v) is 23.5. The number of carbonyl (C=O) groups excluding carboxylic acids is 1. The molecule has 0 spiro atoms. The van der Waals surface area contributed by atoms with E-state index in [9.17, 15) is 4.79 Å². The molecule has 0 aliphatic rings. The van der Waals surface area contributed by atoms with Crippen molar-refractivity contribution in [3.63, 3.8) is 0 Å². The Morgan fingerprint density at radius 1 is 0.921 bits per heavy atom. The molecule has 2 heterocycles. The number of aromatic nitrogens is 2. The van der Waals surface area contributed by atoms with Gasteiger partial charge in [0.05, 0.1) is 19.8 Å². The predicted octanol–water partition coefficient (Wildman–Crippen LogP) is 7.17. The van der Waals surface area contributed by atoms with E-state index in [-0.39, 0.29) is 11.0 Å². The molecule has 0 radical (unpaired) electrons. The second-order valence-corrected chi connectivity index (χ2v) is 11.5. The van der Waals surface area contributed by atoms with E-state index in [4.69, 9.17) is 19.2 Å². The van der Waals surface area contributed by atoms with Gasteiger partial charge in [0.2, 0.25) is 0 Å². The molecule has 0 aliphatic carbocycles. The number of aryl methyl sites for hydroxylation is 1. The summed E-state index contributed by atoms with van der Waals surface area (Å²) in [6, 6.07) is 16.4. The number of hydrogen-bond acceptors (Lipinski definition) is 6.